The average Bonchev–Trinajstić information content (AvgIpc) is 2.15. The van der Waals surface area contributed by atoms with Crippen LogP contribution in [0.5, 0.6) is 5.75 Å². The smallest absolute Gasteiger partial charge is 0.393 e. The molecule has 0 spiro atoms. The van der Waals surface area contributed by atoms with Crippen LogP contribution >= 0.6 is 0 Å². The highest BCUT2D eigenvalue weighted by Gasteiger charge is 2.29. The van der Waals surface area contributed by atoms with Crippen molar-refractivity contribution in [2.75, 3.05) is 7.11 Å². The van der Waals surface area contributed by atoms with Crippen molar-refractivity contribution in [3.05, 3.63) is 29.3 Å². The summed E-state index contributed by atoms with van der Waals surface area (Å²) in [5, 5.41) is 0. The van der Waals surface area contributed by atoms with Crippen molar-refractivity contribution in [3.8, 4) is 5.75 Å². The molecule has 1 aromatic carbocycles. The molecule has 0 aliphatic rings. The summed E-state index contributed by atoms with van der Waals surface area (Å²) in [7, 11) is 1.39. The number of halogens is 3. The second-order valence-corrected chi connectivity index (χ2v) is 4.02. The van der Waals surface area contributed by atoms with Gasteiger partial charge >= 0.3 is 6.18 Å². The molecule has 0 aromatic heterocycles. The largest absolute Gasteiger partial charge is 0.496 e. The Kier molecular flexibility index (Phi) is 3.83. The topological polar surface area (TPSA) is 9.23 Å². The zero-order valence-corrected chi connectivity index (χ0v) is 9.56. The highest BCUT2D eigenvalue weighted by molar-refractivity contribution is 5.39. The van der Waals surface area contributed by atoms with Gasteiger partial charge in [0.2, 0.25) is 0 Å². The van der Waals surface area contributed by atoms with Crippen LogP contribution in [0.1, 0.15) is 30.9 Å². The van der Waals surface area contributed by atoms with Crippen LogP contribution in [0.15, 0.2) is 18.2 Å². The minimum Gasteiger partial charge on any atom is -0.496 e. The number of methoxy groups -OCH3 is 1. The van der Waals surface area contributed by atoms with Gasteiger partial charge in [-0.15, -0.1) is 0 Å². The molecule has 1 nitrogen and oxygen atoms in total. The maximum Gasteiger partial charge on any atom is 0.393 e. The van der Waals surface area contributed by atoms with Gasteiger partial charge in [0.15, 0.2) is 0 Å². The van der Waals surface area contributed by atoms with E-state index < -0.39 is 12.6 Å². The summed E-state index contributed by atoms with van der Waals surface area (Å²) in [5.41, 5.74) is 1.15. The van der Waals surface area contributed by atoms with E-state index >= 15 is 0 Å². The first-order valence-corrected chi connectivity index (χ1v) is 5.07. The molecule has 0 N–H and O–H groups in total. The Labute approximate surface area is 93.2 Å². The Hall–Kier alpha value is -1.19. The van der Waals surface area contributed by atoms with Gasteiger partial charge in [0.1, 0.15) is 5.75 Å². The lowest BCUT2D eigenvalue weighted by Gasteiger charge is -2.13. The predicted molar refractivity (Wildman–Crippen MR) is 56.8 cm³/mol. The van der Waals surface area contributed by atoms with E-state index in [9.17, 15) is 13.2 Å². The Morgan fingerprint density at radius 3 is 2.31 bits per heavy atom. The van der Waals surface area contributed by atoms with Gasteiger partial charge in [-0.25, -0.2) is 0 Å². The lowest BCUT2D eigenvalue weighted by Crippen LogP contribution is -2.12. The number of hydrogen-bond donors (Lipinski definition) is 0. The van der Waals surface area contributed by atoms with Gasteiger partial charge in [0.25, 0.3) is 0 Å². The lowest BCUT2D eigenvalue weighted by molar-refractivity contribution is -0.127. The van der Waals surface area contributed by atoms with Gasteiger partial charge in [-0.05, 0) is 17.5 Å². The quantitative estimate of drug-likeness (QED) is 0.767. The third-order valence-electron chi connectivity index (χ3n) is 2.37. The second kappa shape index (κ2) is 4.76. The second-order valence-electron chi connectivity index (χ2n) is 4.02. The van der Waals surface area contributed by atoms with Crippen LogP contribution in [-0.4, -0.2) is 13.3 Å². The van der Waals surface area contributed by atoms with Crippen molar-refractivity contribution in [2.24, 2.45) is 0 Å². The van der Waals surface area contributed by atoms with Crippen molar-refractivity contribution >= 4 is 0 Å². The Morgan fingerprint density at radius 2 is 1.88 bits per heavy atom. The summed E-state index contributed by atoms with van der Waals surface area (Å²) >= 11 is 0. The number of benzene rings is 1. The molecule has 1 rings (SSSR count). The Balaban J connectivity index is 3.02. The molecule has 0 fully saturated rings. The molecule has 0 radical (unpaired) electrons. The third-order valence-corrected chi connectivity index (χ3v) is 2.37. The molecule has 0 aliphatic carbocycles. The Morgan fingerprint density at radius 1 is 1.25 bits per heavy atom. The number of hydrogen-bond acceptors (Lipinski definition) is 1. The molecule has 1 aromatic rings. The summed E-state index contributed by atoms with van der Waals surface area (Å²) < 4.78 is 41.8. The molecule has 0 saturated carbocycles. The fourth-order valence-corrected chi connectivity index (χ4v) is 1.48. The first kappa shape index (κ1) is 12.9. The van der Waals surface area contributed by atoms with E-state index in [0.717, 1.165) is 5.56 Å². The molecule has 0 unspecified atom stereocenters. The van der Waals surface area contributed by atoms with Gasteiger partial charge in [0.05, 0.1) is 13.5 Å². The summed E-state index contributed by atoms with van der Waals surface area (Å²) in [5.74, 6) is 0.581. The van der Waals surface area contributed by atoms with Gasteiger partial charge in [-0.2, -0.15) is 13.2 Å². The first-order valence-electron chi connectivity index (χ1n) is 5.07. The van der Waals surface area contributed by atoms with Gasteiger partial charge in [0, 0.05) is 5.56 Å². The average molecular weight is 232 g/mol. The van der Waals surface area contributed by atoms with Crippen LogP contribution in [0.3, 0.4) is 0 Å². The van der Waals surface area contributed by atoms with Crippen molar-refractivity contribution in [1.29, 1.82) is 0 Å². The van der Waals surface area contributed by atoms with Crippen molar-refractivity contribution < 1.29 is 17.9 Å². The normalized spacial score (nSPS) is 11.9. The highest BCUT2D eigenvalue weighted by atomic mass is 19.4. The van der Waals surface area contributed by atoms with E-state index in [1.54, 1.807) is 12.1 Å². The van der Waals surface area contributed by atoms with Gasteiger partial charge in [-0.1, -0.05) is 26.0 Å². The van der Waals surface area contributed by atoms with Crippen molar-refractivity contribution in [2.45, 2.75) is 32.4 Å². The van der Waals surface area contributed by atoms with Crippen LogP contribution in [0.25, 0.3) is 0 Å². The van der Waals surface area contributed by atoms with E-state index in [0.29, 0.717) is 5.75 Å². The molecule has 0 bridgehead atoms. The lowest BCUT2D eigenvalue weighted by atomic mass is 10.00. The van der Waals surface area contributed by atoms with Crippen molar-refractivity contribution in [3.63, 3.8) is 0 Å². The molecule has 4 heteroatoms. The zero-order valence-electron chi connectivity index (χ0n) is 9.56. The first-order chi connectivity index (χ1) is 7.33. The zero-order chi connectivity index (χ0) is 12.3. The molecule has 0 aliphatic heterocycles. The molecule has 0 atom stereocenters. The maximum absolute atomic E-state index is 12.3. The number of alkyl halides is 3. The standard InChI is InChI=1S/C12H15F3O/c1-8(2)9-4-5-10(7-12(13,14)15)11(6-9)16-3/h4-6,8H,7H2,1-3H3. The summed E-state index contributed by atoms with van der Waals surface area (Å²) in [6.07, 6.45) is -5.15. The molecule has 90 valence electrons. The fraction of sp³-hybridized carbons (Fsp3) is 0.500. The summed E-state index contributed by atoms with van der Waals surface area (Å²) in [6.45, 7) is 3.97. The van der Waals surface area contributed by atoms with Crippen LogP contribution in [-0.2, 0) is 6.42 Å². The number of ether oxygens (including phenoxy) is 1. The maximum atomic E-state index is 12.3. The van der Waals surface area contributed by atoms with E-state index in [1.807, 2.05) is 13.8 Å². The fourth-order valence-electron chi connectivity index (χ4n) is 1.48. The van der Waals surface area contributed by atoms with Gasteiger partial charge < -0.3 is 4.74 Å². The minimum absolute atomic E-state index is 0.180. The third kappa shape index (κ3) is 3.43. The molecular weight excluding hydrogens is 217 g/mol. The van der Waals surface area contributed by atoms with Crippen LogP contribution in [0, 0.1) is 0 Å². The molecule has 0 amide bonds. The van der Waals surface area contributed by atoms with E-state index in [2.05, 4.69) is 0 Å². The van der Waals surface area contributed by atoms with Crippen LogP contribution in [0.4, 0.5) is 13.2 Å². The van der Waals surface area contributed by atoms with Crippen molar-refractivity contribution in [1.82, 2.24) is 0 Å². The van der Waals surface area contributed by atoms with Gasteiger partial charge in [-0.3, -0.25) is 0 Å². The predicted octanol–water partition coefficient (Wildman–Crippen LogP) is 3.92. The monoisotopic (exact) mass is 232 g/mol. The van der Waals surface area contributed by atoms with E-state index in [4.69, 9.17) is 4.74 Å². The molecule has 16 heavy (non-hydrogen) atoms. The molecular formula is C12H15F3O. The SMILES string of the molecule is COc1cc(C(C)C)ccc1CC(F)(F)F. The highest BCUT2D eigenvalue weighted by Crippen LogP contribution is 2.30. The summed E-state index contributed by atoms with van der Waals surface area (Å²) in [6, 6.07) is 4.88. The number of rotatable bonds is 3. The minimum atomic E-state index is -4.20. The van der Waals surface area contributed by atoms with E-state index in [-0.39, 0.29) is 11.5 Å². The Bertz CT molecular complexity index is 356. The van der Waals surface area contributed by atoms with E-state index in [1.165, 1.54) is 13.2 Å². The van der Waals surface area contributed by atoms with Crippen LogP contribution in [0.2, 0.25) is 0 Å². The molecule has 0 heterocycles. The van der Waals surface area contributed by atoms with Crippen LogP contribution < -0.4 is 4.74 Å². The summed E-state index contributed by atoms with van der Waals surface area (Å²) in [4.78, 5) is 0. The molecule has 0 saturated heterocycles.